The van der Waals surface area contributed by atoms with E-state index in [1.54, 1.807) is 6.08 Å². The van der Waals surface area contributed by atoms with E-state index < -0.39 is 0 Å². The van der Waals surface area contributed by atoms with Gasteiger partial charge in [-0.05, 0) is 41.3 Å². The Labute approximate surface area is 142 Å². The molecule has 0 aliphatic carbocycles. The molecule has 24 heavy (non-hydrogen) atoms. The predicted molar refractivity (Wildman–Crippen MR) is 105 cm³/mol. The molecule has 3 heteroatoms. The number of benzene rings is 3. The molecule has 0 saturated heterocycles. The molecule has 0 aromatic heterocycles. The fourth-order valence-electron chi connectivity index (χ4n) is 2.71. The molecule has 0 aliphatic rings. The Hall–Kier alpha value is -3.20. The number of anilines is 3. The van der Waals surface area contributed by atoms with E-state index in [0.717, 1.165) is 33.4 Å². The monoisotopic (exact) mass is 315 g/mol. The van der Waals surface area contributed by atoms with E-state index in [-0.39, 0.29) is 0 Å². The van der Waals surface area contributed by atoms with Crippen LogP contribution < -0.4 is 16.4 Å². The zero-order chi connectivity index (χ0) is 17.1. The number of nitrogens with two attached hydrogens (primary N) is 2. The third-order valence-electron chi connectivity index (χ3n) is 4.09. The minimum Gasteiger partial charge on any atom is -0.399 e. The number of fused-ring (bicyclic) bond motifs is 1. The lowest BCUT2D eigenvalue weighted by molar-refractivity contribution is 1.21. The number of rotatable bonds is 4. The Kier molecular flexibility index (Phi) is 4.25. The Morgan fingerprint density at radius 1 is 1.00 bits per heavy atom. The van der Waals surface area contributed by atoms with Gasteiger partial charge in [-0.2, -0.15) is 0 Å². The number of hydrogen-bond donors (Lipinski definition) is 2. The quantitative estimate of drug-likeness (QED) is 0.543. The average Bonchev–Trinajstić information content (AvgIpc) is 2.61. The molecular weight excluding hydrogens is 294 g/mol. The average molecular weight is 315 g/mol. The normalized spacial score (nSPS) is 11.0. The summed E-state index contributed by atoms with van der Waals surface area (Å²) in [6, 6.07) is 20.6. The van der Waals surface area contributed by atoms with Gasteiger partial charge in [-0.1, -0.05) is 49.1 Å². The molecule has 0 unspecified atom stereocenters. The highest BCUT2D eigenvalue weighted by Crippen LogP contribution is 2.31. The van der Waals surface area contributed by atoms with Crippen molar-refractivity contribution in [3.63, 3.8) is 0 Å². The lowest BCUT2D eigenvalue weighted by Gasteiger charge is -2.20. The van der Waals surface area contributed by atoms with Crippen molar-refractivity contribution in [1.29, 1.82) is 0 Å². The van der Waals surface area contributed by atoms with Crippen LogP contribution in [0, 0.1) is 0 Å². The largest absolute Gasteiger partial charge is 0.399 e. The van der Waals surface area contributed by atoms with Crippen LogP contribution in [-0.2, 0) is 0 Å². The van der Waals surface area contributed by atoms with Gasteiger partial charge in [0.25, 0.3) is 0 Å². The standard InChI is InChI=1S/C21H21N3/c1-15(22)8-9-16-10-11-17-14-19(12-13-20(17)21(16)23)24(2)18-6-4-3-5-7-18/h3-14H,1,22-23H2,2H3/b9-8-. The van der Waals surface area contributed by atoms with Crippen molar-refractivity contribution < 1.29 is 0 Å². The molecule has 120 valence electrons. The zero-order valence-electron chi connectivity index (χ0n) is 13.7. The van der Waals surface area contributed by atoms with Crippen molar-refractivity contribution in [2.24, 2.45) is 5.73 Å². The van der Waals surface area contributed by atoms with Gasteiger partial charge >= 0.3 is 0 Å². The lowest BCUT2D eigenvalue weighted by atomic mass is 10.0. The molecule has 0 bridgehead atoms. The van der Waals surface area contributed by atoms with Crippen molar-refractivity contribution in [1.82, 2.24) is 0 Å². The molecule has 0 spiro atoms. The summed E-state index contributed by atoms with van der Waals surface area (Å²) >= 11 is 0. The van der Waals surface area contributed by atoms with Gasteiger partial charge in [0.05, 0.1) is 0 Å². The van der Waals surface area contributed by atoms with Gasteiger partial charge in [-0.25, -0.2) is 0 Å². The highest BCUT2D eigenvalue weighted by Gasteiger charge is 2.07. The number of nitrogen functional groups attached to an aromatic ring is 1. The first kappa shape index (κ1) is 15.7. The molecule has 0 aliphatic heterocycles. The Morgan fingerprint density at radius 2 is 1.75 bits per heavy atom. The molecule has 0 radical (unpaired) electrons. The summed E-state index contributed by atoms with van der Waals surface area (Å²) in [7, 11) is 2.06. The second kappa shape index (κ2) is 6.50. The third kappa shape index (κ3) is 3.10. The van der Waals surface area contributed by atoms with Crippen molar-refractivity contribution in [2.75, 3.05) is 17.7 Å². The third-order valence-corrected chi connectivity index (χ3v) is 4.09. The highest BCUT2D eigenvalue weighted by atomic mass is 15.1. The molecule has 0 atom stereocenters. The number of para-hydroxylation sites is 1. The van der Waals surface area contributed by atoms with Crippen molar-refractivity contribution in [3.8, 4) is 0 Å². The molecular formula is C21H21N3. The van der Waals surface area contributed by atoms with Gasteiger partial charge in [0.15, 0.2) is 0 Å². The van der Waals surface area contributed by atoms with Gasteiger partial charge < -0.3 is 16.4 Å². The van der Waals surface area contributed by atoms with Crippen LogP contribution in [0.2, 0.25) is 0 Å². The molecule has 0 saturated carbocycles. The maximum atomic E-state index is 6.31. The molecule has 4 N–H and O–H groups in total. The first-order valence-corrected chi connectivity index (χ1v) is 7.80. The van der Waals surface area contributed by atoms with Crippen molar-refractivity contribution in [3.05, 3.63) is 84.6 Å². The zero-order valence-corrected chi connectivity index (χ0v) is 13.7. The topological polar surface area (TPSA) is 55.3 Å². The summed E-state index contributed by atoms with van der Waals surface area (Å²) in [6.07, 6.45) is 3.65. The lowest BCUT2D eigenvalue weighted by Crippen LogP contribution is -2.09. The Bertz CT molecular complexity index is 911. The number of hydrogen-bond acceptors (Lipinski definition) is 3. The molecule has 3 rings (SSSR count). The summed E-state index contributed by atoms with van der Waals surface area (Å²) in [6.45, 7) is 3.67. The van der Waals surface area contributed by atoms with Crippen molar-refractivity contribution >= 4 is 33.9 Å². The van der Waals surface area contributed by atoms with E-state index in [4.69, 9.17) is 11.5 Å². The second-order valence-corrected chi connectivity index (χ2v) is 5.78. The maximum absolute atomic E-state index is 6.31. The van der Waals surface area contributed by atoms with Gasteiger partial charge in [0.2, 0.25) is 0 Å². The second-order valence-electron chi connectivity index (χ2n) is 5.78. The summed E-state index contributed by atoms with van der Waals surface area (Å²) in [4.78, 5) is 2.15. The van der Waals surface area contributed by atoms with Gasteiger partial charge in [-0.3, -0.25) is 0 Å². The smallest absolute Gasteiger partial charge is 0.0467 e. The van der Waals surface area contributed by atoms with Crippen LogP contribution in [0.15, 0.2) is 79.0 Å². The summed E-state index contributed by atoms with van der Waals surface area (Å²) in [5.74, 6) is 0. The minimum absolute atomic E-state index is 0.509. The SMILES string of the molecule is C=C(N)/C=C\c1ccc2cc(N(C)c3ccccc3)ccc2c1N. The van der Waals surface area contributed by atoms with Crippen LogP contribution in [0.25, 0.3) is 16.8 Å². The van der Waals surface area contributed by atoms with Crippen LogP contribution in [0.5, 0.6) is 0 Å². The van der Waals surface area contributed by atoms with Crippen molar-refractivity contribution in [2.45, 2.75) is 0 Å². The van der Waals surface area contributed by atoms with Gasteiger partial charge in [0.1, 0.15) is 0 Å². The fraction of sp³-hybridized carbons (Fsp3) is 0.0476. The number of nitrogens with zero attached hydrogens (tertiary/aromatic N) is 1. The molecule has 3 aromatic rings. The molecule has 0 fully saturated rings. The van der Waals surface area contributed by atoms with E-state index in [0.29, 0.717) is 5.70 Å². The fourth-order valence-corrected chi connectivity index (χ4v) is 2.71. The predicted octanol–water partition coefficient (Wildman–Crippen LogP) is 4.68. The Balaban J connectivity index is 2.01. The number of allylic oxidation sites excluding steroid dienone is 1. The molecule has 3 aromatic carbocycles. The van der Waals surface area contributed by atoms with E-state index in [1.165, 1.54) is 0 Å². The van der Waals surface area contributed by atoms with Crippen LogP contribution in [-0.4, -0.2) is 7.05 Å². The summed E-state index contributed by atoms with van der Waals surface area (Å²) in [5.41, 5.74) is 16.4. The van der Waals surface area contributed by atoms with E-state index in [1.807, 2.05) is 30.3 Å². The van der Waals surface area contributed by atoms with E-state index in [2.05, 4.69) is 54.9 Å². The first-order chi connectivity index (χ1) is 11.6. The van der Waals surface area contributed by atoms with Crippen LogP contribution in [0.3, 0.4) is 0 Å². The maximum Gasteiger partial charge on any atom is 0.0467 e. The van der Waals surface area contributed by atoms with Gasteiger partial charge in [0, 0.05) is 35.2 Å². The highest BCUT2D eigenvalue weighted by molar-refractivity contribution is 5.98. The van der Waals surface area contributed by atoms with Crippen LogP contribution in [0.1, 0.15) is 5.56 Å². The first-order valence-electron chi connectivity index (χ1n) is 7.80. The summed E-state index contributed by atoms with van der Waals surface area (Å²) in [5, 5.41) is 2.14. The van der Waals surface area contributed by atoms with Gasteiger partial charge in [-0.15, -0.1) is 0 Å². The summed E-state index contributed by atoms with van der Waals surface area (Å²) < 4.78 is 0. The van der Waals surface area contributed by atoms with Crippen LogP contribution in [0.4, 0.5) is 17.1 Å². The molecule has 0 heterocycles. The molecule has 0 amide bonds. The minimum atomic E-state index is 0.509. The van der Waals surface area contributed by atoms with Crippen LogP contribution >= 0.6 is 0 Å². The Morgan fingerprint density at radius 3 is 2.46 bits per heavy atom. The molecule has 3 nitrogen and oxygen atoms in total. The van der Waals surface area contributed by atoms with E-state index in [9.17, 15) is 0 Å². The van der Waals surface area contributed by atoms with E-state index >= 15 is 0 Å².